The molecule has 3 aromatic rings. The van der Waals surface area contributed by atoms with Gasteiger partial charge in [0.15, 0.2) is 17.3 Å². The average Bonchev–Trinajstić information content (AvgIpc) is 3.13. The SMILES string of the molecule is CCn1nc(N(C)C)nc1/C=C/c1nc2c(C)ncc(C)n2n1. The molecule has 0 bridgehead atoms. The first kappa shape index (κ1) is 15.1. The van der Waals surface area contributed by atoms with E-state index in [0.717, 1.165) is 29.4 Å². The summed E-state index contributed by atoms with van der Waals surface area (Å²) in [7, 11) is 3.84. The molecule has 8 heteroatoms. The number of hydrogen-bond donors (Lipinski definition) is 0. The second kappa shape index (κ2) is 5.79. The van der Waals surface area contributed by atoms with Crippen molar-refractivity contribution in [3.63, 3.8) is 0 Å². The molecule has 0 saturated carbocycles. The topological polar surface area (TPSA) is 77.0 Å². The van der Waals surface area contributed by atoms with E-state index in [4.69, 9.17) is 0 Å². The monoisotopic (exact) mass is 312 g/mol. The first-order chi connectivity index (χ1) is 11.0. The summed E-state index contributed by atoms with van der Waals surface area (Å²) in [6, 6.07) is 0. The molecule has 0 fully saturated rings. The third-order valence-electron chi connectivity index (χ3n) is 3.50. The first-order valence-corrected chi connectivity index (χ1v) is 7.48. The van der Waals surface area contributed by atoms with Crippen molar-refractivity contribution in [3.8, 4) is 0 Å². The van der Waals surface area contributed by atoms with Gasteiger partial charge in [-0.15, -0.1) is 10.2 Å². The second-order valence-corrected chi connectivity index (χ2v) is 5.50. The van der Waals surface area contributed by atoms with Crippen molar-refractivity contribution in [2.75, 3.05) is 19.0 Å². The minimum atomic E-state index is 0.626. The van der Waals surface area contributed by atoms with Crippen LogP contribution in [0.4, 0.5) is 5.95 Å². The Bertz CT molecular complexity index is 832. The number of aryl methyl sites for hydroxylation is 3. The summed E-state index contributed by atoms with van der Waals surface area (Å²) in [5, 5.41) is 8.93. The van der Waals surface area contributed by atoms with Gasteiger partial charge >= 0.3 is 0 Å². The molecule has 0 aliphatic carbocycles. The van der Waals surface area contributed by atoms with Crippen molar-refractivity contribution < 1.29 is 0 Å². The first-order valence-electron chi connectivity index (χ1n) is 7.48. The number of fused-ring (bicyclic) bond motifs is 1. The molecule has 0 spiro atoms. The van der Waals surface area contributed by atoms with Gasteiger partial charge in [-0.2, -0.15) is 4.98 Å². The third kappa shape index (κ3) is 2.79. The molecule has 0 radical (unpaired) electrons. The summed E-state index contributed by atoms with van der Waals surface area (Å²) >= 11 is 0. The summed E-state index contributed by atoms with van der Waals surface area (Å²) in [5.74, 6) is 2.09. The van der Waals surface area contributed by atoms with Crippen LogP contribution in [0.1, 0.15) is 30.0 Å². The Kier molecular flexibility index (Phi) is 3.81. The van der Waals surface area contributed by atoms with Gasteiger partial charge in [0.05, 0.1) is 11.4 Å². The fraction of sp³-hybridized carbons (Fsp3) is 0.400. The fourth-order valence-corrected chi connectivity index (χ4v) is 2.22. The van der Waals surface area contributed by atoms with Gasteiger partial charge < -0.3 is 4.90 Å². The molecule has 0 N–H and O–H groups in total. The van der Waals surface area contributed by atoms with Crippen molar-refractivity contribution >= 4 is 23.7 Å². The van der Waals surface area contributed by atoms with Gasteiger partial charge in [-0.1, -0.05) is 0 Å². The van der Waals surface area contributed by atoms with Crippen molar-refractivity contribution in [1.82, 2.24) is 34.3 Å². The molecule has 23 heavy (non-hydrogen) atoms. The molecule has 3 heterocycles. The average molecular weight is 312 g/mol. The molecule has 3 rings (SSSR count). The molecule has 0 aromatic carbocycles. The minimum Gasteiger partial charge on any atom is -0.346 e. The maximum atomic E-state index is 4.52. The van der Waals surface area contributed by atoms with Crippen LogP contribution in [-0.4, -0.2) is 48.4 Å². The molecular formula is C15H20N8. The van der Waals surface area contributed by atoms with E-state index in [1.807, 2.05) is 56.6 Å². The Morgan fingerprint density at radius 2 is 1.91 bits per heavy atom. The molecule has 120 valence electrons. The van der Waals surface area contributed by atoms with E-state index in [1.54, 1.807) is 10.7 Å². The summed E-state index contributed by atoms with van der Waals surface area (Å²) in [4.78, 5) is 15.2. The van der Waals surface area contributed by atoms with E-state index in [0.29, 0.717) is 11.8 Å². The number of hydrogen-bond acceptors (Lipinski definition) is 6. The van der Waals surface area contributed by atoms with E-state index in [2.05, 4.69) is 25.1 Å². The fourth-order valence-electron chi connectivity index (χ4n) is 2.22. The summed E-state index contributed by atoms with van der Waals surface area (Å²) in [5.41, 5.74) is 2.58. The van der Waals surface area contributed by atoms with Crippen LogP contribution >= 0.6 is 0 Å². The highest BCUT2D eigenvalue weighted by Gasteiger charge is 2.09. The van der Waals surface area contributed by atoms with Gasteiger partial charge in [0, 0.05) is 26.8 Å². The van der Waals surface area contributed by atoms with Crippen molar-refractivity contribution in [3.05, 3.63) is 29.2 Å². The molecular weight excluding hydrogens is 292 g/mol. The van der Waals surface area contributed by atoms with Crippen LogP contribution in [-0.2, 0) is 6.54 Å². The number of rotatable bonds is 4. The molecule has 8 nitrogen and oxygen atoms in total. The maximum Gasteiger partial charge on any atom is 0.244 e. The molecule has 0 aliphatic rings. The summed E-state index contributed by atoms with van der Waals surface area (Å²) in [6.07, 6.45) is 5.53. The van der Waals surface area contributed by atoms with E-state index < -0.39 is 0 Å². The minimum absolute atomic E-state index is 0.626. The molecule has 0 atom stereocenters. The Labute approximate surface area is 134 Å². The molecule has 0 amide bonds. The number of aromatic nitrogens is 7. The van der Waals surface area contributed by atoms with Gasteiger partial charge in [0.2, 0.25) is 5.95 Å². The van der Waals surface area contributed by atoms with Crippen molar-refractivity contribution in [2.45, 2.75) is 27.3 Å². The van der Waals surface area contributed by atoms with Crippen LogP contribution in [0.5, 0.6) is 0 Å². The van der Waals surface area contributed by atoms with Crippen LogP contribution < -0.4 is 4.90 Å². The van der Waals surface area contributed by atoms with E-state index >= 15 is 0 Å². The lowest BCUT2D eigenvalue weighted by Gasteiger charge is -2.03. The van der Waals surface area contributed by atoms with E-state index in [9.17, 15) is 0 Å². The van der Waals surface area contributed by atoms with E-state index in [-0.39, 0.29) is 0 Å². The highest BCUT2D eigenvalue weighted by Crippen LogP contribution is 2.12. The highest BCUT2D eigenvalue weighted by molar-refractivity contribution is 5.65. The zero-order valence-electron chi connectivity index (χ0n) is 14.0. The number of nitrogens with zero attached hydrogens (tertiary/aromatic N) is 8. The van der Waals surface area contributed by atoms with Crippen LogP contribution in [0, 0.1) is 13.8 Å². The summed E-state index contributed by atoms with van der Waals surface area (Å²) < 4.78 is 3.65. The normalized spacial score (nSPS) is 11.7. The van der Waals surface area contributed by atoms with Crippen LogP contribution in [0.25, 0.3) is 17.8 Å². The maximum absolute atomic E-state index is 4.52. The molecule has 3 aromatic heterocycles. The van der Waals surface area contributed by atoms with Crippen LogP contribution in [0.3, 0.4) is 0 Å². The summed E-state index contributed by atoms with van der Waals surface area (Å²) in [6.45, 7) is 6.67. The lowest BCUT2D eigenvalue weighted by molar-refractivity contribution is 0.650. The van der Waals surface area contributed by atoms with Crippen molar-refractivity contribution in [2.24, 2.45) is 0 Å². The third-order valence-corrected chi connectivity index (χ3v) is 3.50. The van der Waals surface area contributed by atoms with Gasteiger partial charge in [-0.05, 0) is 32.9 Å². The van der Waals surface area contributed by atoms with Crippen LogP contribution in [0.15, 0.2) is 6.20 Å². The van der Waals surface area contributed by atoms with E-state index in [1.165, 1.54) is 0 Å². The predicted molar refractivity (Wildman–Crippen MR) is 89.2 cm³/mol. The zero-order chi connectivity index (χ0) is 16.6. The zero-order valence-corrected chi connectivity index (χ0v) is 14.0. The van der Waals surface area contributed by atoms with Gasteiger partial charge in [0.25, 0.3) is 0 Å². The Morgan fingerprint density at radius 3 is 2.57 bits per heavy atom. The smallest absolute Gasteiger partial charge is 0.244 e. The predicted octanol–water partition coefficient (Wildman–Crippen LogP) is 1.59. The molecule has 0 aliphatic heterocycles. The lowest BCUT2D eigenvalue weighted by Crippen LogP contribution is -2.11. The van der Waals surface area contributed by atoms with Crippen molar-refractivity contribution in [1.29, 1.82) is 0 Å². The van der Waals surface area contributed by atoms with Gasteiger partial charge in [-0.25, -0.2) is 14.2 Å². The molecule has 0 saturated heterocycles. The van der Waals surface area contributed by atoms with Gasteiger partial charge in [-0.3, -0.25) is 4.98 Å². The quantitative estimate of drug-likeness (QED) is 0.728. The highest BCUT2D eigenvalue weighted by atomic mass is 15.4. The standard InChI is InChI=1S/C15H20N8/c1-6-22-13(18-15(20-22)21(4)5)8-7-12-17-14-11(3)16-9-10(2)23(14)19-12/h7-9H,6H2,1-5H3/b8-7+. The Morgan fingerprint density at radius 1 is 1.13 bits per heavy atom. The van der Waals surface area contributed by atoms with Gasteiger partial charge in [0.1, 0.15) is 0 Å². The van der Waals surface area contributed by atoms with Crippen LogP contribution in [0.2, 0.25) is 0 Å². The number of anilines is 1. The Balaban J connectivity index is 1.97. The largest absolute Gasteiger partial charge is 0.346 e. The second-order valence-electron chi connectivity index (χ2n) is 5.50. The lowest BCUT2D eigenvalue weighted by atomic mass is 10.4. The molecule has 0 unspecified atom stereocenters. The Hall–Kier alpha value is -2.77.